The summed E-state index contributed by atoms with van der Waals surface area (Å²) in [5, 5.41) is 15.3. The van der Waals surface area contributed by atoms with E-state index in [1.54, 1.807) is 14.2 Å². The summed E-state index contributed by atoms with van der Waals surface area (Å²) in [6, 6.07) is 15.3. The van der Waals surface area contributed by atoms with Gasteiger partial charge in [0.1, 0.15) is 11.5 Å². The highest BCUT2D eigenvalue weighted by atomic mass is 32.2. The zero-order valence-corrected chi connectivity index (χ0v) is 19.5. The van der Waals surface area contributed by atoms with E-state index in [0.29, 0.717) is 5.13 Å². The van der Waals surface area contributed by atoms with Crippen molar-refractivity contribution < 1.29 is 14.3 Å². The lowest BCUT2D eigenvalue weighted by molar-refractivity contribution is -0.119. The average Bonchev–Trinajstić information content (AvgIpc) is 3.23. The number of hydrogen-bond donors (Lipinski definition) is 2. The fraction of sp³-hybridized carbons (Fsp3) is 0.318. The number of aromatic nitrogens is 2. The van der Waals surface area contributed by atoms with Crippen molar-refractivity contribution in [3.8, 4) is 11.5 Å². The predicted octanol–water partition coefficient (Wildman–Crippen LogP) is 4.90. The van der Waals surface area contributed by atoms with Crippen molar-refractivity contribution in [1.29, 1.82) is 0 Å². The Morgan fingerprint density at radius 3 is 2.48 bits per heavy atom. The van der Waals surface area contributed by atoms with Gasteiger partial charge in [0.15, 0.2) is 4.34 Å². The lowest BCUT2D eigenvalue weighted by Crippen LogP contribution is -2.32. The number of carbonyl (C=O) groups is 1. The number of anilines is 2. The van der Waals surface area contributed by atoms with Crippen molar-refractivity contribution in [2.24, 2.45) is 5.92 Å². The minimum atomic E-state index is -0.0706. The van der Waals surface area contributed by atoms with E-state index in [1.165, 1.54) is 23.1 Å². The monoisotopic (exact) mass is 458 g/mol. The number of amides is 1. The third-order valence-electron chi connectivity index (χ3n) is 4.51. The molecule has 9 heteroatoms. The number of carbonyl (C=O) groups excluding carboxylic acids is 1. The topological polar surface area (TPSA) is 85.4 Å². The SMILES string of the molecule is COc1ccc(C(NC(=O)CSc2nnc(Nc3cccc(OC)c3)s2)C(C)C)cc1. The highest BCUT2D eigenvalue weighted by Crippen LogP contribution is 2.29. The van der Waals surface area contributed by atoms with Crippen molar-refractivity contribution in [1.82, 2.24) is 15.5 Å². The molecular weight excluding hydrogens is 432 g/mol. The third-order valence-corrected chi connectivity index (χ3v) is 6.48. The van der Waals surface area contributed by atoms with Gasteiger partial charge < -0.3 is 20.1 Å². The summed E-state index contributed by atoms with van der Waals surface area (Å²) in [6.45, 7) is 4.17. The highest BCUT2D eigenvalue weighted by molar-refractivity contribution is 8.01. The first-order valence-corrected chi connectivity index (χ1v) is 11.6. The summed E-state index contributed by atoms with van der Waals surface area (Å²) in [4.78, 5) is 12.6. The molecule has 31 heavy (non-hydrogen) atoms. The number of nitrogens with one attached hydrogen (secondary N) is 2. The molecule has 0 fully saturated rings. The normalized spacial score (nSPS) is 11.8. The van der Waals surface area contributed by atoms with E-state index < -0.39 is 0 Å². The second-order valence-electron chi connectivity index (χ2n) is 7.08. The number of benzene rings is 2. The molecule has 0 aliphatic carbocycles. The van der Waals surface area contributed by atoms with Gasteiger partial charge >= 0.3 is 0 Å². The van der Waals surface area contributed by atoms with Crippen molar-refractivity contribution in [2.45, 2.75) is 24.2 Å². The summed E-state index contributed by atoms with van der Waals surface area (Å²) in [7, 11) is 3.27. The van der Waals surface area contributed by atoms with E-state index in [0.717, 1.165) is 27.1 Å². The molecule has 0 saturated carbocycles. The van der Waals surface area contributed by atoms with Crippen LogP contribution in [0.2, 0.25) is 0 Å². The van der Waals surface area contributed by atoms with Crippen molar-refractivity contribution >= 4 is 39.8 Å². The second-order valence-corrected chi connectivity index (χ2v) is 9.28. The van der Waals surface area contributed by atoms with Crippen molar-refractivity contribution in [2.75, 3.05) is 25.3 Å². The van der Waals surface area contributed by atoms with Crippen LogP contribution in [-0.4, -0.2) is 36.1 Å². The Hall–Kier alpha value is -2.78. The Labute approximate surface area is 190 Å². The fourth-order valence-electron chi connectivity index (χ4n) is 2.93. The first-order chi connectivity index (χ1) is 15.0. The van der Waals surface area contributed by atoms with Crippen LogP contribution in [-0.2, 0) is 4.79 Å². The molecule has 0 bridgehead atoms. The van der Waals surface area contributed by atoms with E-state index in [4.69, 9.17) is 9.47 Å². The smallest absolute Gasteiger partial charge is 0.230 e. The Morgan fingerprint density at radius 2 is 1.81 bits per heavy atom. The molecule has 1 amide bonds. The van der Waals surface area contributed by atoms with Crippen LogP contribution in [0.1, 0.15) is 25.5 Å². The van der Waals surface area contributed by atoms with Crippen LogP contribution in [0.15, 0.2) is 52.9 Å². The maximum atomic E-state index is 12.6. The molecule has 1 aromatic heterocycles. The molecule has 2 N–H and O–H groups in total. The lowest BCUT2D eigenvalue weighted by atomic mass is 9.96. The molecule has 3 aromatic rings. The number of nitrogens with zero attached hydrogens (tertiary/aromatic N) is 2. The molecule has 1 heterocycles. The number of hydrogen-bond acceptors (Lipinski definition) is 8. The van der Waals surface area contributed by atoms with Crippen LogP contribution in [0, 0.1) is 5.92 Å². The van der Waals surface area contributed by atoms with Gasteiger partial charge in [-0.05, 0) is 35.7 Å². The van der Waals surface area contributed by atoms with Crippen LogP contribution < -0.4 is 20.1 Å². The van der Waals surface area contributed by atoms with E-state index in [1.807, 2.05) is 48.5 Å². The summed E-state index contributed by atoms with van der Waals surface area (Å²) in [5.41, 5.74) is 1.92. The zero-order valence-electron chi connectivity index (χ0n) is 17.9. The van der Waals surface area contributed by atoms with Crippen molar-refractivity contribution in [3.05, 3.63) is 54.1 Å². The molecule has 164 valence electrons. The van der Waals surface area contributed by atoms with Gasteiger partial charge in [0.2, 0.25) is 11.0 Å². The van der Waals surface area contributed by atoms with Gasteiger partial charge in [-0.3, -0.25) is 4.79 Å². The largest absolute Gasteiger partial charge is 0.497 e. The van der Waals surface area contributed by atoms with Crippen molar-refractivity contribution in [3.63, 3.8) is 0 Å². The van der Waals surface area contributed by atoms with Gasteiger partial charge in [-0.25, -0.2) is 0 Å². The molecule has 1 unspecified atom stereocenters. The van der Waals surface area contributed by atoms with Crippen LogP contribution in [0.4, 0.5) is 10.8 Å². The summed E-state index contributed by atoms with van der Waals surface area (Å²) < 4.78 is 11.2. The molecular formula is C22H26N4O3S2. The summed E-state index contributed by atoms with van der Waals surface area (Å²) in [5.74, 6) is 2.03. The van der Waals surface area contributed by atoms with Crippen LogP contribution in [0.5, 0.6) is 11.5 Å². The summed E-state index contributed by atoms with van der Waals surface area (Å²) in [6.07, 6.45) is 0. The minimum absolute atomic E-state index is 0.0444. The third kappa shape index (κ3) is 6.60. The first kappa shape index (κ1) is 22.9. The Morgan fingerprint density at radius 1 is 1.06 bits per heavy atom. The molecule has 0 spiro atoms. The predicted molar refractivity (Wildman–Crippen MR) is 126 cm³/mol. The second kappa shape index (κ2) is 11.0. The molecule has 1 atom stereocenters. The zero-order chi connectivity index (χ0) is 22.2. The van der Waals surface area contributed by atoms with Crippen LogP contribution in [0.25, 0.3) is 0 Å². The molecule has 0 aliphatic heterocycles. The molecule has 0 radical (unpaired) electrons. The Balaban J connectivity index is 1.54. The van der Waals surface area contributed by atoms with E-state index >= 15 is 0 Å². The molecule has 2 aromatic carbocycles. The molecule has 0 aliphatic rings. The van der Waals surface area contributed by atoms with Gasteiger partial charge in [0.25, 0.3) is 0 Å². The number of ether oxygens (including phenoxy) is 2. The maximum Gasteiger partial charge on any atom is 0.230 e. The van der Waals surface area contributed by atoms with Crippen LogP contribution >= 0.6 is 23.1 Å². The number of rotatable bonds is 10. The molecule has 7 nitrogen and oxygen atoms in total. The summed E-state index contributed by atoms with van der Waals surface area (Å²) >= 11 is 2.77. The molecule has 0 saturated heterocycles. The van der Waals surface area contributed by atoms with Crippen LogP contribution in [0.3, 0.4) is 0 Å². The highest BCUT2D eigenvalue weighted by Gasteiger charge is 2.19. The van der Waals surface area contributed by atoms with Gasteiger partial charge in [0, 0.05) is 11.8 Å². The Kier molecular flexibility index (Phi) is 8.13. The quantitative estimate of drug-likeness (QED) is 0.418. The van der Waals surface area contributed by atoms with E-state index in [2.05, 4.69) is 34.7 Å². The average molecular weight is 459 g/mol. The van der Waals surface area contributed by atoms with Gasteiger partial charge in [-0.15, -0.1) is 10.2 Å². The minimum Gasteiger partial charge on any atom is -0.497 e. The van der Waals surface area contributed by atoms with Gasteiger partial charge in [0.05, 0.1) is 26.0 Å². The van der Waals surface area contributed by atoms with E-state index in [9.17, 15) is 4.79 Å². The number of methoxy groups -OCH3 is 2. The van der Waals surface area contributed by atoms with Gasteiger partial charge in [-0.1, -0.05) is 55.1 Å². The maximum absolute atomic E-state index is 12.6. The first-order valence-electron chi connectivity index (χ1n) is 9.79. The van der Waals surface area contributed by atoms with E-state index in [-0.39, 0.29) is 23.6 Å². The lowest BCUT2D eigenvalue weighted by Gasteiger charge is -2.23. The van der Waals surface area contributed by atoms with Gasteiger partial charge in [-0.2, -0.15) is 0 Å². The molecule has 3 rings (SSSR count). The number of thioether (sulfide) groups is 1. The Bertz CT molecular complexity index is 992. The standard InChI is InChI=1S/C22H26N4O3S2/c1-14(2)20(15-8-10-17(28-3)11-9-15)24-19(27)13-30-22-26-25-21(31-22)23-16-6-5-7-18(12-16)29-4/h5-12,14,20H,13H2,1-4H3,(H,23,25)(H,24,27). The fourth-order valence-corrected chi connectivity index (χ4v) is 4.51.